The van der Waals surface area contributed by atoms with Crippen LogP contribution in [0, 0.1) is 0 Å². The monoisotopic (exact) mass is 312 g/mol. The summed E-state index contributed by atoms with van der Waals surface area (Å²) in [5.74, 6) is 0. The Morgan fingerprint density at radius 1 is 1.22 bits per heavy atom. The van der Waals surface area contributed by atoms with E-state index in [1.54, 1.807) is 18.6 Å². The third kappa shape index (κ3) is 4.26. The molecule has 2 aromatic heterocycles. The highest BCUT2D eigenvalue weighted by atomic mass is 16.5. The van der Waals surface area contributed by atoms with Crippen molar-refractivity contribution in [1.29, 1.82) is 0 Å². The maximum Gasteiger partial charge on any atom is 0.315 e. The van der Waals surface area contributed by atoms with Gasteiger partial charge in [-0.3, -0.25) is 9.97 Å². The lowest BCUT2D eigenvalue weighted by Crippen LogP contribution is -2.44. The summed E-state index contributed by atoms with van der Waals surface area (Å²) in [7, 11) is 0. The molecule has 0 aliphatic carbocycles. The van der Waals surface area contributed by atoms with E-state index < -0.39 is 0 Å². The highest BCUT2D eigenvalue weighted by Gasteiger charge is 2.16. The van der Waals surface area contributed by atoms with E-state index in [4.69, 9.17) is 4.74 Å². The number of carbonyl (C=O) groups excluding carboxylic acids is 1. The number of amides is 2. The summed E-state index contributed by atoms with van der Waals surface area (Å²) >= 11 is 0. The number of hydrogen-bond donors (Lipinski definition) is 2. The van der Waals surface area contributed by atoms with Gasteiger partial charge in [-0.15, -0.1) is 0 Å². The number of aromatic nitrogens is 2. The van der Waals surface area contributed by atoms with Gasteiger partial charge in [-0.2, -0.15) is 0 Å². The molecule has 2 aromatic rings. The molecule has 0 bridgehead atoms. The van der Waals surface area contributed by atoms with E-state index in [1.807, 2.05) is 24.3 Å². The lowest BCUT2D eigenvalue weighted by atomic mass is 10.1. The molecule has 0 aromatic carbocycles. The fraction of sp³-hybridized carbons (Fsp3) is 0.353. The number of pyridine rings is 2. The van der Waals surface area contributed by atoms with Crippen molar-refractivity contribution in [3.05, 3.63) is 48.4 Å². The highest BCUT2D eigenvalue weighted by molar-refractivity contribution is 5.74. The number of urea groups is 1. The number of carbonyl (C=O) groups is 1. The highest BCUT2D eigenvalue weighted by Crippen LogP contribution is 2.19. The first kappa shape index (κ1) is 15.4. The largest absolute Gasteiger partial charge is 0.381 e. The van der Waals surface area contributed by atoms with E-state index in [9.17, 15) is 4.79 Å². The van der Waals surface area contributed by atoms with Crippen molar-refractivity contribution in [2.24, 2.45) is 0 Å². The second-order valence-corrected chi connectivity index (χ2v) is 5.47. The maximum absolute atomic E-state index is 12.0. The lowest BCUT2D eigenvalue weighted by molar-refractivity contribution is 0.0801. The van der Waals surface area contributed by atoms with Gasteiger partial charge < -0.3 is 15.4 Å². The Morgan fingerprint density at radius 3 is 2.83 bits per heavy atom. The molecule has 1 fully saturated rings. The zero-order valence-electron chi connectivity index (χ0n) is 12.9. The fourth-order valence-corrected chi connectivity index (χ4v) is 2.60. The van der Waals surface area contributed by atoms with Crippen molar-refractivity contribution in [3.8, 4) is 11.3 Å². The molecular weight excluding hydrogens is 292 g/mol. The molecule has 0 spiro atoms. The minimum absolute atomic E-state index is 0.155. The standard InChI is InChI=1S/C17H20N4O2/c22-17(21-15-5-9-23-10-6-15)20-12-14-4-2-8-19-16(14)13-3-1-7-18-11-13/h1-4,7-8,11,15H,5-6,9-10,12H2,(H2,20,21,22). The molecule has 6 heteroatoms. The van der Waals surface area contributed by atoms with E-state index in [-0.39, 0.29) is 12.1 Å². The summed E-state index contributed by atoms with van der Waals surface area (Å²) in [6.07, 6.45) is 6.97. The predicted molar refractivity (Wildman–Crippen MR) is 86.7 cm³/mol. The molecule has 3 rings (SSSR count). The molecule has 0 atom stereocenters. The normalized spacial score (nSPS) is 15.1. The summed E-state index contributed by atoms with van der Waals surface area (Å²) in [5.41, 5.74) is 2.74. The first-order valence-electron chi connectivity index (χ1n) is 7.79. The molecule has 1 aliphatic rings. The zero-order valence-corrected chi connectivity index (χ0v) is 12.9. The topological polar surface area (TPSA) is 76.1 Å². The second kappa shape index (κ2) is 7.69. The Bertz CT molecular complexity index is 642. The zero-order chi connectivity index (χ0) is 15.9. The average molecular weight is 312 g/mol. The van der Waals surface area contributed by atoms with Crippen LogP contribution in [0.4, 0.5) is 4.79 Å². The van der Waals surface area contributed by atoms with Crippen LogP contribution in [-0.4, -0.2) is 35.3 Å². The van der Waals surface area contributed by atoms with Gasteiger partial charge in [-0.1, -0.05) is 6.07 Å². The molecule has 3 heterocycles. The molecule has 2 N–H and O–H groups in total. The summed E-state index contributed by atoms with van der Waals surface area (Å²) < 4.78 is 5.29. The lowest BCUT2D eigenvalue weighted by Gasteiger charge is -2.23. The van der Waals surface area contributed by atoms with Gasteiger partial charge in [-0.25, -0.2) is 4.79 Å². The third-order valence-corrected chi connectivity index (χ3v) is 3.82. The van der Waals surface area contributed by atoms with E-state index in [1.165, 1.54) is 0 Å². The average Bonchev–Trinajstić information content (AvgIpc) is 2.62. The molecule has 0 unspecified atom stereocenters. The molecule has 2 amide bonds. The van der Waals surface area contributed by atoms with E-state index >= 15 is 0 Å². The van der Waals surface area contributed by atoms with Crippen molar-refractivity contribution in [3.63, 3.8) is 0 Å². The molecule has 1 aliphatic heterocycles. The molecule has 0 saturated carbocycles. The van der Waals surface area contributed by atoms with E-state index in [0.29, 0.717) is 19.8 Å². The third-order valence-electron chi connectivity index (χ3n) is 3.82. The molecule has 120 valence electrons. The van der Waals surface area contributed by atoms with Crippen LogP contribution in [0.25, 0.3) is 11.3 Å². The van der Waals surface area contributed by atoms with Crippen molar-refractivity contribution in [2.75, 3.05) is 13.2 Å². The summed E-state index contributed by atoms with van der Waals surface area (Å²) in [5, 5.41) is 5.89. The Morgan fingerprint density at radius 2 is 2.04 bits per heavy atom. The smallest absolute Gasteiger partial charge is 0.315 e. The Balaban J connectivity index is 1.61. The van der Waals surface area contributed by atoms with E-state index in [0.717, 1.165) is 29.7 Å². The summed E-state index contributed by atoms with van der Waals surface area (Å²) in [6.45, 7) is 1.84. The number of rotatable bonds is 4. The van der Waals surface area contributed by atoms with Crippen LogP contribution < -0.4 is 10.6 Å². The van der Waals surface area contributed by atoms with E-state index in [2.05, 4.69) is 20.6 Å². The predicted octanol–water partition coefficient (Wildman–Crippen LogP) is 2.12. The minimum Gasteiger partial charge on any atom is -0.381 e. The molecular formula is C17H20N4O2. The summed E-state index contributed by atoms with van der Waals surface area (Å²) in [6, 6.07) is 7.70. The van der Waals surface area contributed by atoms with Gasteiger partial charge in [0.05, 0.1) is 5.69 Å². The van der Waals surface area contributed by atoms with Gasteiger partial charge in [0.25, 0.3) is 0 Å². The fourth-order valence-electron chi connectivity index (χ4n) is 2.60. The maximum atomic E-state index is 12.0. The number of ether oxygens (including phenoxy) is 1. The van der Waals surface area contributed by atoms with Crippen LogP contribution in [0.1, 0.15) is 18.4 Å². The van der Waals surface area contributed by atoms with Gasteiger partial charge in [0.15, 0.2) is 0 Å². The molecule has 1 saturated heterocycles. The second-order valence-electron chi connectivity index (χ2n) is 5.47. The van der Waals surface area contributed by atoms with Crippen LogP contribution in [0.15, 0.2) is 42.9 Å². The van der Waals surface area contributed by atoms with Gasteiger partial charge in [0.2, 0.25) is 0 Å². The quantitative estimate of drug-likeness (QED) is 0.906. The minimum atomic E-state index is -0.155. The first-order valence-corrected chi connectivity index (χ1v) is 7.79. The van der Waals surface area contributed by atoms with Gasteiger partial charge in [0, 0.05) is 50.0 Å². The molecule has 23 heavy (non-hydrogen) atoms. The van der Waals surface area contributed by atoms with Crippen LogP contribution in [0.5, 0.6) is 0 Å². The van der Waals surface area contributed by atoms with Gasteiger partial charge >= 0.3 is 6.03 Å². The Hall–Kier alpha value is -2.47. The summed E-state index contributed by atoms with van der Waals surface area (Å²) in [4.78, 5) is 20.6. The van der Waals surface area contributed by atoms with Crippen LogP contribution >= 0.6 is 0 Å². The number of nitrogens with zero attached hydrogens (tertiary/aromatic N) is 2. The number of nitrogens with one attached hydrogen (secondary N) is 2. The van der Waals surface area contributed by atoms with Gasteiger partial charge in [-0.05, 0) is 36.6 Å². The van der Waals surface area contributed by atoms with Crippen molar-refractivity contribution in [1.82, 2.24) is 20.6 Å². The first-order chi connectivity index (χ1) is 11.3. The number of hydrogen-bond acceptors (Lipinski definition) is 4. The van der Waals surface area contributed by atoms with Crippen LogP contribution in [0.2, 0.25) is 0 Å². The van der Waals surface area contributed by atoms with Gasteiger partial charge in [0.1, 0.15) is 0 Å². The SMILES string of the molecule is O=C(NCc1cccnc1-c1cccnc1)NC1CCOCC1. The van der Waals surface area contributed by atoms with Crippen molar-refractivity contribution >= 4 is 6.03 Å². The molecule has 0 radical (unpaired) electrons. The van der Waals surface area contributed by atoms with Crippen molar-refractivity contribution < 1.29 is 9.53 Å². The van der Waals surface area contributed by atoms with Crippen LogP contribution in [-0.2, 0) is 11.3 Å². The Labute approximate surface area is 135 Å². The van der Waals surface area contributed by atoms with Crippen LogP contribution in [0.3, 0.4) is 0 Å². The Kier molecular flexibility index (Phi) is 5.16. The molecule has 6 nitrogen and oxygen atoms in total. The van der Waals surface area contributed by atoms with Crippen molar-refractivity contribution in [2.45, 2.75) is 25.4 Å².